The summed E-state index contributed by atoms with van der Waals surface area (Å²) in [5.74, 6) is 0. The molecule has 3 nitrogen and oxygen atoms in total. The van der Waals surface area contributed by atoms with E-state index in [-0.39, 0.29) is 19.0 Å². The van der Waals surface area contributed by atoms with Gasteiger partial charge in [-0.1, -0.05) is 0 Å². The largest absolute Gasteiger partial charge is 0.390 e. The number of hydrogen-bond acceptors (Lipinski definition) is 2. The lowest BCUT2D eigenvalue weighted by atomic mass is 10.5. The maximum absolute atomic E-state index is 8.34. The summed E-state index contributed by atoms with van der Waals surface area (Å²) in [6, 6.07) is 1.72. The summed E-state index contributed by atoms with van der Waals surface area (Å²) in [7, 11) is 0. The summed E-state index contributed by atoms with van der Waals surface area (Å²) in [6.45, 7) is 0.0174. The molecule has 46 valence electrons. The summed E-state index contributed by atoms with van der Waals surface area (Å²) < 4.78 is 0. The first-order valence-electron chi connectivity index (χ1n) is 2.03. The molecule has 0 saturated heterocycles. The minimum Gasteiger partial charge on any atom is -0.390 e. The lowest BCUT2D eigenvalue weighted by Gasteiger charge is -1.77. The lowest BCUT2D eigenvalue weighted by Crippen LogP contribution is -1.79. The highest BCUT2D eigenvalue weighted by atomic mass is 35.5. The third kappa shape index (κ3) is 1.52. The number of rotatable bonds is 1. The molecule has 0 aliphatic heterocycles. The zero-order valence-corrected chi connectivity index (χ0v) is 4.98. The van der Waals surface area contributed by atoms with Crippen molar-refractivity contribution < 1.29 is 5.11 Å². The van der Waals surface area contributed by atoms with Crippen LogP contribution in [0.1, 0.15) is 5.69 Å². The summed E-state index contributed by atoms with van der Waals surface area (Å²) in [5, 5.41) is 14.6. The van der Waals surface area contributed by atoms with E-state index in [2.05, 4.69) is 10.2 Å². The highest BCUT2D eigenvalue weighted by Gasteiger charge is 1.84. The van der Waals surface area contributed by atoms with Crippen molar-refractivity contribution in [3.63, 3.8) is 0 Å². The number of aromatic nitrogens is 2. The standard InChI is InChI=1S/C4H6N2O.ClH/c7-3-4-1-2-5-6-4;/h1-2,7H,3H2,(H,5,6);1H. The highest BCUT2D eigenvalue weighted by Crippen LogP contribution is 1.86. The molecule has 1 aromatic rings. The molecular weight excluding hydrogens is 128 g/mol. The third-order valence-corrected chi connectivity index (χ3v) is 0.720. The van der Waals surface area contributed by atoms with Gasteiger partial charge in [0.1, 0.15) is 0 Å². The van der Waals surface area contributed by atoms with E-state index >= 15 is 0 Å². The molecular formula is C4H7ClN2O. The maximum atomic E-state index is 8.34. The van der Waals surface area contributed by atoms with E-state index in [4.69, 9.17) is 5.11 Å². The average molecular weight is 135 g/mol. The summed E-state index contributed by atoms with van der Waals surface area (Å²) in [5.41, 5.74) is 0.681. The number of hydrogen-bond donors (Lipinski definition) is 2. The molecule has 1 aromatic heterocycles. The fraction of sp³-hybridized carbons (Fsp3) is 0.250. The van der Waals surface area contributed by atoms with Crippen LogP contribution in [0.15, 0.2) is 12.3 Å². The number of nitrogens with one attached hydrogen (secondary N) is 1. The van der Waals surface area contributed by atoms with Gasteiger partial charge in [-0.05, 0) is 6.07 Å². The predicted octanol–water partition coefficient (Wildman–Crippen LogP) is 0.324. The maximum Gasteiger partial charge on any atom is 0.0876 e. The second kappa shape index (κ2) is 3.46. The second-order valence-electron chi connectivity index (χ2n) is 1.22. The molecule has 0 atom stereocenters. The Balaban J connectivity index is 0.000000490. The van der Waals surface area contributed by atoms with Crippen molar-refractivity contribution >= 4 is 12.4 Å². The number of aliphatic hydroxyl groups excluding tert-OH is 1. The molecule has 0 aliphatic carbocycles. The van der Waals surface area contributed by atoms with E-state index in [1.165, 1.54) is 0 Å². The zero-order valence-electron chi connectivity index (χ0n) is 4.16. The SMILES string of the molecule is Cl.OCc1cc[nH]n1. The molecule has 8 heavy (non-hydrogen) atoms. The van der Waals surface area contributed by atoms with Crippen LogP contribution in [0.4, 0.5) is 0 Å². The van der Waals surface area contributed by atoms with Gasteiger partial charge in [-0.25, -0.2) is 0 Å². The first-order chi connectivity index (χ1) is 3.43. The number of halogens is 1. The number of nitrogens with zero attached hydrogens (tertiary/aromatic N) is 1. The van der Waals surface area contributed by atoms with Gasteiger partial charge in [-0.2, -0.15) is 5.10 Å². The van der Waals surface area contributed by atoms with Gasteiger partial charge in [-0.3, -0.25) is 5.10 Å². The smallest absolute Gasteiger partial charge is 0.0876 e. The van der Waals surface area contributed by atoms with Crippen molar-refractivity contribution in [3.05, 3.63) is 18.0 Å². The minimum atomic E-state index is 0. The van der Waals surface area contributed by atoms with Crippen LogP contribution in [0, 0.1) is 0 Å². The summed E-state index contributed by atoms with van der Waals surface area (Å²) in [4.78, 5) is 0. The third-order valence-electron chi connectivity index (χ3n) is 0.720. The molecule has 1 rings (SSSR count). The van der Waals surface area contributed by atoms with E-state index in [0.29, 0.717) is 5.69 Å². The van der Waals surface area contributed by atoms with Crippen molar-refractivity contribution in [1.82, 2.24) is 10.2 Å². The summed E-state index contributed by atoms with van der Waals surface area (Å²) in [6.07, 6.45) is 1.67. The molecule has 0 fully saturated rings. The summed E-state index contributed by atoms with van der Waals surface area (Å²) >= 11 is 0. The van der Waals surface area contributed by atoms with E-state index in [9.17, 15) is 0 Å². The number of H-pyrrole nitrogens is 1. The first kappa shape index (κ1) is 7.46. The Labute approximate surface area is 53.1 Å². The Morgan fingerprint density at radius 2 is 2.50 bits per heavy atom. The van der Waals surface area contributed by atoms with E-state index < -0.39 is 0 Å². The fourth-order valence-electron chi connectivity index (χ4n) is 0.379. The molecule has 0 radical (unpaired) electrons. The Morgan fingerprint density at radius 1 is 1.75 bits per heavy atom. The van der Waals surface area contributed by atoms with Gasteiger partial charge in [0.05, 0.1) is 12.3 Å². The topological polar surface area (TPSA) is 48.9 Å². The number of aromatic amines is 1. The molecule has 0 spiro atoms. The Bertz CT molecular complexity index is 129. The van der Waals surface area contributed by atoms with Crippen LogP contribution in [-0.2, 0) is 6.61 Å². The zero-order chi connectivity index (χ0) is 5.11. The Kier molecular flexibility index (Phi) is 3.23. The molecule has 0 aliphatic rings. The predicted molar refractivity (Wildman–Crippen MR) is 31.8 cm³/mol. The van der Waals surface area contributed by atoms with Crippen LogP contribution in [0.25, 0.3) is 0 Å². The fourth-order valence-corrected chi connectivity index (χ4v) is 0.379. The van der Waals surface area contributed by atoms with Crippen LogP contribution in [0.5, 0.6) is 0 Å². The van der Waals surface area contributed by atoms with Gasteiger partial charge in [0, 0.05) is 6.20 Å². The van der Waals surface area contributed by atoms with Crippen molar-refractivity contribution in [1.29, 1.82) is 0 Å². The average Bonchev–Trinajstić information content (AvgIpc) is 2.14. The molecule has 0 unspecified atom stereocenters. The van der Waals surface area contributed by atoms with Crippen LogP contribution in [-0.4, -0.2) is 15.3 Å². The van der Waals surface area contributed by atoms with Crippen LogP contribution >= 0.6 is 12.4 Å². The van der Waals surface area contributed by atoms with Crippen LogP contribution in [0.3, 0.4) is 0 Å². The van der Waals surface area contributed by atoms with Gasteiger partial charge in [-0.15, -0.1) is 12.4 Å². The van der Waals surface area contributed by atoms with E-state index in [1.54, 1.807) is 12.3 Å². The van der Waals surface area contributed by atoms with Gasteiger partial charge in [0.2, 0.25) is 0 Å². The van der Waals surface area contributed by atoms with Crippen molar-refractivity contribution in [2.24, 2.45) is 0 Å². The van der Waals surface area contributed by atoms with Crippen LogP contribution in [0.2, 0.25) is 0 Å². The van der Waals surface area contributed by atoms with Crippen LogP contribution < -0.4 is 0 Å². The second-order valence-corrected chi connectivity index (χ2v) is 1.22. The first-order valence-corrected chi connectivity index (χ1v) is 2.03. The van der Waals surface area contributed by atoms with Gasteiger partial charge in [0.25, 0.3) is 0 Å². The molecule has 0 aromatic carbocycles. The lowest BCUT2D eigenvalue weighted by molar-refractivity contribution is 0.276. The van der Waals surface area contributed by atoms with Crippen molar-refractivity contribution in [3.8, 4) is 0 Å². The quantitative estimate of drug-likeness (QED) is 0.582. The van der Waals surface area contributed by atoms with Crippen molar-refractivity contribution in [2.75, 3.05) is 0 Å². The molecule has 4 heteroatoms. The number of aliphatic hydroxyl groups is 1. The molecule has 0 amide bonds. The van der Waals surface area contributed by atoms with E-state index in [1.807, 2.05) is 0 Å². The monoisotopic (exact) mass is 134 g/mol. The van der Waals surface area contributed by atoms with Gasteiger partial charge in [0.15, 0.2) is 0 Å². The Morgan fingerprint density at radius 3 is 2.75 bits per heavy atom. The molecule has 1 heterocycles. The minimum absolute atomic E-state index is 0. The van der Waals surface area contributed by atoms with E-state index in [0.717, 1.165) is 0 Å². The molecule has 2 N–H and O–H groups in total. The Hall–Kier alpha value is -0.540. The van der Waals surface area contributed by atoms with Gasteiger partial charge < -0.3 is 5.11 Å². The van der Waals surface area contributed by atoms with Gasteiger partial charge >= 0.3 is 0 Å². The normalized spacial score (nSPS) is 8.12. The molecule has 0 bridgehead atoms. The molecule has 0 saturated carbocycles. The highest BCUT2D eigenvalue weighted by molar-refractivity contribution is 5.85. The van der Waals surface area contributed by atoms with Crippen molar-refractivity contribution in [2.45, 2.75) is 6.61 Å².